The van der Waals surface area contributed by atoms with Crippen LogP contribution >= 0.6 is 0 Å². The fourth-order valence-corrected chi connectivity index (χ4v) is 1.87. The van der Waals surface area contributed by atoms with Crippen LogP contribution in [0.3, 0.4) is 0 Å². The summed E-state index contributed by atoms with van der Waals surface area (Å²) in [6.45, 7) is 2.04. The van der Waals surface area contributed by atoms with E-state index >= 15 is 0 Å². The van der Waals surface area contributed by atoms with Gasteiger partial charge in [-0.3, -0.25) is 4.79 Å². The summed E-state index contributed by atoms with van der Waals surface area (Å²) in [5.74, 6) is -0.0944. The molecular formula is C12H14O2. The molecule has 0 aromatic heterocycles. The maximum absolute atomic E-state index is 11.6. The standard InChI is InChI=1S/C12H14O2/c1-9-4-3-5-10(8-9)12(6-7-12)11(13)14-2/h3-5,8H,6-7H2,1-2H3. The van der Waals surface area contributed by atoms with Crippen LogP contribution in [-0.2, 0) is 14.9 Å². The third kappa shape index (κ3) is 1.31. The molecule has 1 saturated carbocycles. The topological polar surface area (TPSA) is 26.3 Å². The van der Waals surface area contributed by atoms with Crippen LogP contribution in [0.1, 0.15) is 24.0 Å². The van der Waals surface area contributed by atoms with Gasteiger partial charge in [0.2, 0.25) is 0 Å². The van der Waals surface area contributed by atoms with Crippen LogP contribution in [0.4, 0.5) is 0 Å². The van der Waals surface area contributed by atoms with Crippen molar-refractivity contribution in [2.75, 3.05) is 7.11 Å². The molecule has 0 amide bonds. The molecule has 0 unspecified atom stereocenters. The van der Waals surface area contributed by atoms with E-state index in [1.54, 1.807) is 0 Å². The van der Waals surface area contributed by atoms with Crippen molar-refractivity contribution in [3.8, 4) is 0 Å². The highest BCUT2D eigenvalue weighted by Crippen LogP contribution is 2.49. The summed E-state index contributed by atoms with van der Waals surface area (Å²) in [5, 5.41) is 0. The Kier molecular flexibility index (Phi) is 2.06. The zero-order valence-corrected chi connectivity index (χ0v) is 8.54. The Morgan fingerprint density at radius 3 is 2.64 bits per heavy atom. The van der Waals surface area contributed by atoms with E-state index in [9.17, 15) is 4.79 Å². The van der Waals surface area contributed by atoms with Gasteiger partial charge in [0.1, 0.15) is 0 Å². The van der Waals surface area contributed by atoms with Crippen molar-refractivity contribution in [2.24, 2.45) is 0 Å². The molecule has 1 aromatic carbocycles. The number of hydrogen-bond donors (Lipinski definition) is 0. The zero-order chi connectivity index (χ0) is 10.2. The number of benzene rings is 1. The molecule has 0 heterocycles. The second-order valence-corrected chi connectivity index (χ2v) is 3.94. The van der Waals surface area contributed by atoms with E-state index in [0.29, 0.717) is 0 Å². The van der Waals surface area contributed by atoms with Crippen molar-refractivity contribution >= 4 is 5.97 Å². The summed E-state index contributed by atoms with van der Waals surface area (Å²) >= 11 is 0. The lowest BCUT2D eigenvalue weighted by Crippen LogP contribution is -2.21. The lowest BCUT2D eigenvalue weighted by atomic mass is 9.95. The molecular weight excluding hydrogens is 176 g/mol. The van der Waals surface area contributed by atoms with Crippen molar-refractivity contribution < 1.29 is 9.53 Å². The van der Waals surface area contributed by atoms with Crippen molar-refractivity contribution in [3.05, 3.63) is 35.4 Å². The lowest BCUT2D eigenvalue weighted by molar-refractivity contribution is -0.143. The monoisotopic (exact) mass is 190 g/mol. The summed E-state index contributed by atoms with van der Waals surface area (Å²) < 4.78 is 4.83. The smallest absolute Gasteiger partial charge is 0.316 e. The van der Waals surface area contributed by atoms with E-state index < -0.39 is 0 Å². The number of aryl methyl sites for hydroxylation is 1. The van der Waals surface area contributed by atoms with Gasteiger partial charge in [0, 0.05) is 0 Å². The maximum atomic E-state index is 11.6. The number of ether oxygens (including phenoxy) is 1. The van der Waals surface area contributed by atoms with Crippen molar-refractivity contribution in [1.29, 1.82) is 0 Å². The quantitative estimate of drug-likeness (QED) is 0.668. The molecule has 1 fully saturated rings. The van der Waals surface area contributed by atoms with E-state index in [0.717, 1.165) is 18.4 Å². The summed E-state index contributed by atoms with van der Waals surface area (Å²) in [6.07, 6.45) is 1.84. The van der Waals surface area contributed by atoms with E-state index in [1.165, 1.54) is 12.7 Å². The first-order valence-corrected chi connectivity index (χ1v) is 4.84. The van der Waals surface area contributed by atoms with Gasteiger partial charge in [-0.05, 0) is 25.3 Å². The summed E-state index contributed by atoms with van der Waals surface area (Å²) in [5.41, 5.74) is 1.97. The molecule has 0 radical (unpaired) electrons. The molecule has 14 heavy (non-hydrogen) atoms. The fourth-order valence-electron chi connectivity index (χ4n) is 1.87. The Bertz CT molecular complexity index is 364. The number of hydrogen-bond acceptors (Lipinski definition) is 2. The molecule has 74 valence electrons. The second-order valence-electron chi connectivity index (χ2n) is 3.94. The highest BCUT2D eigenvalue weighted by Gasteiger charge is 2.52. The zero-order valence-electron chi connectivity index (χ0n) is 8.54. The number of carbonyl (C=O) groups excluding carboxylic acids is 1. The number of rotatable bonds is 2. The van der Waals surface area contributed by atoms with Crippen LogP contribution in [0.25, 0.3) is 0 Å². The van der Waals surface area contributed by atoms with Gasteiger partial charge in [0.15, 0.2) is 0 Å². The minimum absolute atomic E-state index is 0.0944. The Hall–Kier alpha value is -1.31. The molecule has 0 spiro atoms. The first-order valence-electron chi connectivity index (χ1n) is 4.84. The number of methoxy groups -OCH3 is 1. The van der Waals surface area contributed by atoms with Crippen LogP contribution in [-0.4, -0.2) is 13.1 Å². The van der Waals surface area contributed by atoms with E-state index in [2.05, 4.69) is 6.07 Å². The van der Waals surface area contributed by atoms with Gasteiger partial charge in [-0.25, -0.2) is 0 Å². The molecule has 0 saturated heterocycles. The average Bonchev–Trinajstić information content (AvgIpc) is 2.97. The van der Waals surface area contributed by atoms with Crippen molar-refractivity contribution in [2.45, 2.75) is 25.2 Å². The largest absolute Gasteiger partial charge is 0.468 e. The number of carbonyl (C=O) groups is 1. The first kappa shape index (κ1) is 9.25. The van der Waals surface area contributed by atoms with Gasteiger partial charge in [-0.2, -0.15) is 0 Å². The fraction of sp³-hybridized carbons (Fsp3) is 0.417. The van der Waals surface area contributed by atoms with E-state index in [-0.39, 0.29) is 11.4 Å². The third-order valence-electron chi connectivity index (χ3n) is 2.90. The van der Waals surface area contributed by atoms with Gasteiger partial charge in [-0.15, -0.1) is 0 Å². The SMILES string of the molecule is COC(=O)C1(c2cccc(C)c2)CC1. The molecule has 0 bridgehead atoms. The lowest BCUT2D eigenvalue weighted by Gasteiger charge is -2.13. The molecule has 0 atom stereocenters. The molecule has 2 rings (SSSR count). The molecule has 2 heteroatoms. The Labute approximate surface area is 83.9 Å². The van der Waals surface area contributed by atoms with Crippen molar-refractivity contribution in [3.63, 3.8) is 0 Å². The highest BCUT2D eigenvalue weighted by atomic mass is 16.5. The molecule has 1 aliphatic carbocycles. The van der Waals surface area contributed by atoms with Gasteiger partial charge in [0.05, 0.1) is 12.5 Å². The van der Waals surface area contributed by atoms with Gasteiger partial charge in [-0.1, -0.05) is 29.8 Å². The average molecular weight is 190 g/mol. The molecule has 1 aromatic rings. The van der Waals surface area contributed by atoms with Crippen LogP contribution in [0.15, 0.2) is 24.3 Å². The predicted octanol–water partition coefficient (Wildman–Crippen LogP) is 2.20. The third-order valence-corrected chi connectivity index (χ3v) is 2.90. The van der Waals surface area contributed by atoms with Crippen LogP contribution in [0.2, 0.25) is 0 Å². The molecule has 1 aliphatic rings. The Morgan fingerprint density at radius 2 is 2.14 bits per heavy atom. The van der Waals surface area contributed by atoms with Crippen LogP contribution in [0.5, 0.6) is 0 Å². The van der Waals surface area contributed by atoms with Gasteiger partial charge >= 0.3 is 5.97 Å². The maximum Gasteiger partial charge on any atom is 0.316 e. The summed E-state index contributed by atoms with van der Waals surface area (Å²) in [6, 6.07) is 8.12. The second kappa shape index (κ2) is 3.12. The normalized spacial score (nSPS) is 17.6. The molecule has 2 nitrogen and oxygen atoms in total. The minimum atomic E-state index is -0.319. The van der Waals surface area contributed by atoms with Crippen LogP contribution in [0, 0.1) is 6.92 Å². The molecule has 0 aliphatic heterocycles. The highest BCUT2D eigenvalue weighted by molar-refractivity contribution is 5.86. The van der Waals surface area contributed by atoms with Gasteiger partial charge < -0.3 is 4.74 Å². The van der Waals surface area contributed by atoms with E-state index in [1.807, 2.05) is 25.1 Å². The Morgan fingerprint density at radius 1 is 1.43 bits per heavy atom. The summed E-state index contributed by atoms with van der Waals surface area (Å²) in [4.78, 5) is 11.6. The summed E-state index contributed by atoms with van der Waals surface area (Å²) in [7, 11) is 1.46. The van der Waals surface area contributed by atoms with Gasteiger partial charge in [0.25, 0.3) is 0 Å². The number of esters is 1. The minimum Gasteiger partial charge on any atom is -0.468 e. The van der Waals surface area contributed by atoms with E-state index in [4.69, 9.17) is 4.74 Å². The Balaban J connectivity index is 2.35. The first-order chi connectivity index (χ1) is 6.69. The van der Waals surface area contributed by atoms with Crippen molar-refractivity contribution in [1.82, 2.24) is 0 Å². The van der Waals surface area contributed by atoms with Crippen LogP contribution < -0.4 is 0 Å². The predicted molar refractivity (Wildman–Crippen MR) is 54.1 cm³/mol. The molecule has 0 N–H and O–H groups in total.